The molecule has 0 saturated carbocycles. The van der Waals surface area contributed by atoms with Crippen LogP contribution in [0.5, 0.6) is 0 Å². The summed E-state index contributed by atoms with van der Waals surface area (Å²) in [5, 5.41) is 1.09. The molecule has 0 unspecified atom stereocenters. The number of alkyl halides is 3. The number of nitrogen functional groups attached to an aromatic ring is 2. The summed E-state index contributed by atoms with van der Waals surface area (Å²) in [5.41, 5.74) is 12.6. The van der Waals surface area contributed by atoms with Gasteiger partial charge in [0.05, 0.1) is 12.1 Å². The van der Waals surface area contributed by atoms with Gasteiger partial charge in [-0.1, -0.05) is 6.08 Å². The van der Waals surface area contributed by atoms with Crippen LogP contribution in [-0.2, 0) is 0 Å². The number of hydrogen-bond acceptors (Lipinski definition) is 4. The minimum atomic E-state index is -4.29. The molecule has 0 fully saturated rings. The first-order valence-electron chi connectivity index (χ1n) is 5.11. The Bertz CT molecular complexity index is 452. The van der Waals surface area contributed by atoms with Crippen LogP contribution in [0.3, 0.4) is 0 Å². The van der Waals surface area contributed by atoms with E-state index in [1.165, 1.54) is 19.2 Å². The predicted octanol–water partition coefficient (Wildman–Crippen LogP) is 1.95. The van der Waals surface area contributed by atoms with E-state index in [0.29, 0.717) is 11.3 Å². The summed E-state index contributed by atoms with van der Waals surface area (Å²) >= 11 is 0. The van der Waals surface area contributed by atoms with Crippen LogP contribution < -0.4 is 17.3 Å². The van der Waals surface area contributed by atoms with Crippen LogP contribution in [0.1, 0.15) is 12.0 Å². The maximum absolute atomic E-state index is 12.2. The molecule has 1 aromatic rings. The van der Waals surface area contributed by atoms with Crippen LogP contribution >= 0.6 is 0 Å². The summed E-state index contributed by atoms with van der Waals surface area (Å²) in [4.78, 5) is 0. The molecule has 0 spiro atoms. The van der Waals surface area contributed by atoms with Crippen LogP contribution in [0.4, 0.5) is 24.5 Å². The largest absolute Gasteiger partial charge is 0.399 e. The Morgan fingerprint density at radius 2 is 1.94 bits per heavy atom. The van der Waals surface area contributed by atoms with E-state index in [1.807, 2.05) is 0 Å². The third kappa shape index (κ3) is 3.85. The van der Waals surface area contributed by atoms with E-state index in [9.17, 15) is 13.2 Å². The lowest BCUT2D eigenvalue weighted by Crippen LogP contribution is -2.25. The maximum Gasteiger partial charge on any atom is 0.392 e. The second-order valence-electron chi connectivity index (χ2n) is 3.87. The molecule has 0 heterocycles. The number of rotatable bonds is 3. The Balaban J connectivity index is 3.13. The molecule has 1 rings (SSSR count). The van der Waals surface area contributed by atoms with Crippen molar-refractivity contribution in [2.45, 2.75) is 12.6 Å². The topological polar surface area (TPSA) is 81.3 Å². The number of nitrogens with zero attached hydrogens (tertiary/aromatic N) is 1. The number of hydrogen-bond donors (Lipinski definition) is 3. The lowest BCUT2D eigenvalue weighted by atomic mass is 10.1. The number of nitrogens with two attached hydrogens (primary N) is 3. The van der Waals surface area contributed by atoms with Gasteiger partial charge in [-0.05, 0) is 18.2 Å². The summed E-state index contributed by atoms with van der Waals surface area (Å²) < 4.78 is 36.6. The quantitative estimate of drug-likeness (QED) is 0.441. The van der Waals surface area contributed by atoms with Gasteiger partial charge in [0, 0.05) is 24.0 Å². The van der Waals surface area contributed by atoms with E-state index >= 15 is 0 Å². The molecule has 0 amide bonds. The SMILES string of the molecule is CN(N)/C(=C\CC(F)(F)F)c1ccc(N)cc1N. The first-order chi connectivity index (χ1) is 8.20. The van der Waals surface area contributed by atoms with Gasteiger partial charge in [-0.25, -0.2) is 5.84 Å². The highest BCUT2D eigenvalue weighted by Gasteiger charge is 2.26. The zero-order chi connectivity index (χ0) is 13.9. The zero-order valence-electron chi connectivity index (χ0n) is 9.83. The molecule has 6 N–H and O–H groups in total. The summed E-state index contributed by atoms with van der Waals surface area (Å²) in [5.74, 6) is 5.52. The van der Waals surface area contributed by atoms with Crippen molar-refractivity contribution in [1.29, 1.82) is 0 Å². The average molecular weight is 260 g/mol. The van der Waals surface area contributed by atoms with E-state index in [1.54, 1.807) is 6.07 Å². The van der Waals surface area contributed by atoms with Gasteiger partial charge in [-0.2, -0.15) is 13.2 Å². The first-order valence-corrected chi connectivity index (χ1v) is 5.11. The number of allylic oxidation sites excluding steroid dienone is 1. The smallest absolute Gasteiger partial charge is 0.392 e. The minimum absolute atomic E-state index is 0.199. The van der Waals surface area contributed by atoms with Gasteiger partial charge in [0.15, 0.2) is 0 Å². The Kier molecular flexibility index (Phi) is 4.07. The Morgan fingerprint density at radius 1 is 1.33 bits per heavy atom. The highest BCUT2D eigenvalue weighted by atomic mass is 19.4. The number of benzene rings is 1. The Labute approximate surface area is 103 Å². The van der Waals surface area contributed by atoms with Crippen molar-refractivity contribution in [1.82, 2.24) is 5.01 Å². The molecule has 1 aromatic carbocycles. The number of halogens is 3. The van der Waals surface area contributed by atoms with Gasteiger partial charge in [0.1, 0.15) is 0 Å². The normalized spacial score (nSPS) is 12.6. The molecule has 100 valence electrons. The number of anilines is 2. The predicted molar refractivity (Wildman–Crippen MR) is 65.9 cm³/mol. The fraction of sp³-hybridized carbons (Fsp3) is 0.273. The molecule has 0 aliphatic rings. The first kappa shape index (κ1) is 14.2. The lowest BCUT2D eigenvalue weighted by molar-refractivity contribution is -0.125. The van der Waals surface area contributed by atoms with Gasteiger partial charge in [0.25, 0.3) is 0 Å². The molecule has 0 bridgehead atoms. The van der Waals surface area contributed by atoms with E-state index in [-0.39, 0.29) is 11.4 Å². The second kappa shape index (κ2) is 5.18. The Hall–Kier alpha value is -1.89. The molecule has 18 heavy (non-hydrogen) atoms. The third-order valence-electron chi connectivity index (χ3n) is 2.26. The second-order valence-corrected chi connectivity index (χ2v) is 3.87. The summed E-state index contributed by atoms with van der Waals surface area (Å²) in [7, 11) is 1.44. The fourth-order valence-corrected chi connectivity index (χ4v) is 1.47. The van der Waals surface area contributed by atoms with Crippen molar-refractivity contribution in [2.24, 2.45) is 5.84 Å². The van der Waals surface area contributed by atoms with Gasteiger partial charge in [0.2, 0.25) is 0 Å². The maximum atomic E-state index is 12.2. The van der Waals surface area contributed by atoms with Crippen LogP contribution in [0.2, 0.25) is 0 Å². The molecule has 0 aromatic heterocycles. The summed E-state index contributed by atoms with van der Waals surface area (Å²) in [6, 6.07) is 4.56. The van der Waals surface area contributed by atoms with Crippen molar-refractivity contribution in [3.05, 3.63) is 29.8 Å². The highest BCUT2D eigenvalue weighted by Crippen LogP contribution is 2.28. The number of hydrazine groups is 1. The van der Waals surface area contributed by atoms with Gasteiger partial charge in [-0.3, -0.25) is 0 Å². The molecular weight excluding hydrogens is 245 g/mol. The van der Waals surface area contributed by atoms with Crippen LogP contribution in [-0.4, -0.2) is 18.2 Å². The molecular formula is C11H15F3N4. The molecule has 0 aliphatic carbocycles. The van der Waals surface area contributed by atoms with Gasteiger partial charge >= 0.3 is 6.18 Å². The van der Waals surface area contributed by atoms with Crippen molar-refractivity contribution < 1.29 is 13.2 Å². The standard InChI is InChI=1S/C11H15F3N4/c1-18(17)10(4-5-11(12,13)14)8-3-2-7(15)6-9(8)16/h2-4,6H,5,15-17H2,1H3/b10-4-. The van der Waals surface area contributed by atoms with Crippen LogP contribution in [0.15, 0.2) is 24.3 Å². The third-order valence-corrected chi connectivity index (χ3v) is 2.26. The van der Waals surface area contributed by atoms with E-state index in [0.717, 1.165) is 11.1 Å². The lowest BCUT2D eigenvalue weighted by Gasteiger charge is -2.19. The molecule has 0 radical (unpaired) electrons. The monoisotopic (exact) mass is 260 g/mol. The van der Waals surface area contributed by atoms with Crippen molar-refractivity contribution >= 4 is 17.1 Å². The van der Waals surface area contributed by atoms with E-state index < -0.39 is 12.6 Å². The van der Waals surface area contributed by atoms with Crippen LogP contribution in [0.25, 0.3) is 5.70 Å². The zero-order valence-corrected chi connectivity index (χ0v) is 9.83. The molecule has 0 atom stereocenters. The van der Waals surface area contributed by atoms with Crippen molar-refractivity contribution in [2.75, 3.05) is 18.5 Å². The highest BCUT2D eigenvalue weighted by molar-refractivity contribution is 5.76. The Morgan fingerprint density at radius 3 is 2.39 bits per heavy atom. The van der Waals surface area contributed by atoms with Crippen molar-refractivity contribution in [3.63, 3.8) is 0 Å². The van der Waals surface area contributed by atoms with E-state index in [2.05, 4.69) is 0 Å². The van der Waals surface area contributed by atoms with Crippen LogP contribution in [0, 0.1) is 0 Å². The van der Waals surface area contributed by atoms with E-state index in [4.69, 9.17) is 17.3 Å². The summed E-state index contributed by atoms with van der Waals surface area (Å²) in [6.45, 7) is 0. The molecule has 7 heteroatoms. The molecule has 0 aliphatic heterocycles. The minimum Gasteiger partial charge on any atom is -0.399 e. The molecule has 0 saturated heterocycles. The summed E-state index contributed by atoms with van der Waals surface area (Å²) in [6.07, 6.45) is -4.38. The van der Waals surface area contributed by atoms with Gasteiger partial charge < -0.3 is 16.5 Å². The van der Waals surface area contributed by atoms with Gasteiger partial charge in [-0.15, -0.1) is 0 Å². The molecule has 4 nitrogen and oxygen atoms in total. The van der Waals surface area contributed by atoms with Crippen molar-refractivity contribution in [3.8, 4) is 0 Å². The average Bonchev–Trinajstić information content (AvgIpc) is 2.18. The fourth-order valence-electron chi connectivity index (χ4n) is 1.47.